The average Bonchev–Trinajstić information content (AvgIpc) is 2.98. The molecule has 2 rings (SSSR count). The van der Waals surface area contributed by atoms with Gasteiger partial charge in [0.05, 0.1) is 5.92 Å². The van der Waals surface area contributed by atoms with Gasteiger partial charge in [0.2, 0.25) is 0 Å². The summed E-state index contributed by atoms with van der Waals surface area (Å²) in [6, 6.07) is 8.56. The molecule has 2 nitrogen and oxygen atoms in total. The Balaban J connectivity index is 1.94. The van der Waals surface area contributed by atoms with Crippen LogP contribution in [0, 0.1) is 11.8 Å². The van der Waals surface area contributed by atoms with Crippen molar-refractivity contribution in [1.29, 1.82) is 0 Å². The summed E-state index contributed by atoms with van der Waals surface area (Å²) in [6.45, 7) is 4.35. The molecule has 0 aliphatic heterocycles. The topological polar surface area (TPSA) is 37.3 Å². The van der Waals surface area contributed by atoms with Crippen molar-refractivity contribution >= 4 is 5.97 Å². The van der Waals surface area contributed by atoms with Crippen LogP contribution in [0.2, 0.25) is 0 Å². The van der Waals surface area contributed by atoms with E-state index in [1.165, 1.54) is 11.1 Å². The van der Waals surface area contributed by atoms with Crippen LogP contribution in [0.15, 0.2) is 24.3 Å². The number of hydrogen-bond acceptors (Lipinski definition) is 1. The summed E-state index contributed by atoms with van der Waals surface area (Å²) in [5.41, 5.74) is 2.60. The van der Waals surface area contributed by atoms with Gasteiger partial charge >= 0.3 is 5.97 Å². The summed E-state index contributed by atoms with van der Waals surface area (Å²) in [5.74, 6) is 0.192. The maximum absolute atomic E-state index is 10.7. The molecule has 1 fully saturated rings. The highest BCUT2D eigenvalue weighted by Crippen LogP contribution is 2.41. The Kier molecular flexibility index (Phi) is 2.99. The van der Waals surface area contributed by atoms with Crippen LogP contribution in [0.3, 0.4) is 0 Å². The fourth-order valence-electron chi connectivity index (χ4n) is 2.12. The zero-order chi connectivity index (χ0) is 11.7. The average molecular weight is 218 g/mol. The van der Waals surface area contributed by atoms with Gasteiger partial charge in [-0.15, -0.1) is 0 Å². The lowest BCUT2D eigenvalue weighted by molar-refractivity contribution is -0.138. The van der Waals surface area contributed by atoms with E-state index in [1.807, 2.05) is 0 Å². The van der Waals surface area contributed by atoms with E-state index in [2.05, 4.69) is 38.1 Å². The van der Waals surface area contributed by atoms with Gasteiger partial charge in [-0.25, -0.2) is 0 Å². The van der Waals surface area contributed by atoms with Gasteiger partial charge < -0.3 is 5.11 Å². The summed E-state index contributed by atoms with van der Waals surface area (Å²) in [7, 11) is 0. The molecule has 0 bridgehead atoms. The molecule has 1 N–H and O–H groups in total. The van der Waals surface area contributed by atoms with Gasteiger partial charge in [0.1, 0.15) is 0 Å². The number of hydrogen-bond donors (Lipinski definition) is 1. The Morgan fingerprint density at radius 1 is 1.38 bits per heavy atom. The minimum atomic E-state index is -0.635. The standard InChI is InChI=1S/C14H18O2/c1-9(2)11-5-3-10(4-6-11)7-12-8-13(12)14(15)16/h3-6,9,12-13H,7-8H2,1-2H3,(H,15,16)/t12-,13-/m1/s1. The van der Waals surface area contributed by atoms with Crippen LogP contribution in [0.4, 0.5) is 0 Å². The van der Waals surface area contributed by atoms with Crippen LogP contribution in [0.25, 0.3) is 0 Å². The number of aliphatic carboxylic acids is 1. The maximum atomic E-state index is 10.7. The second kappa shape index (κ2) is 4.28. The van der Waals surface area contributed by atoms with E-state index in [1.54, 1.807) is 0 Å². The predicted molar refractivity (Wildman–Crippen MR) is 63.5 cm³/mol. The number of rotatable bonds is 4. The summed E-state index contributed by atoms with van der Waals surface area (Å²) in [5, 5.41) is 8.82. The van der Waals surface area contributed by atoms with Crippen LogP contribution >= 0.6 is 0 Å². The molecule has 16 heavy (non-hydrogen) atoms. The van der Waals surface area contributed by atoms with Gasteiger partial charge in [0, 0.05) is 0 Å². The van der Waals surface area contributed by atoms with Crippen LogP contribution in [0.1, 0.15) is 37.3 Å². The normalized spacial score (nSPS) is 23.4. The van der Waals surface area contributed by atoms with Crippen molar-refractivity contribution < 1.29 is 9.90 Å². The predicted octanol–water partition coefficient (Wildman–Crippen LogP) is 3.07. The first-order chi connectivity index (χ1) is 7.58. The van der Waals surface area contributed by atoms with E-state index in [4.69, 9.17) is 5.11 Å². The summed E-state index contributed by atoms with van der Waals surface area (Å²) < 4.78 is 0. The third-order valence-electron chi connectivity index (χ3n) is 3.38. The van der Waals surface area contributed by atoms with Crippen LogP contribution in [-0.2, 0) is 11.2 Å². The number of carboxylic acids is 1. The van der Waals surface area contributed by atoms with Crippen molar-refractivity contribution in [1.82, 2.24) is 0 Å². The number of carboxylic acid groups (broad SMARTS) is 1. The van der Waals surface area contributed by atoms with Crippen LogP contribution in [-0.4, -0.2) is 11.1 Å². The Labute approximate surface area is 96.3 Å². The van der Waals surface area contributed by atoms with E-state index in [0.29, 0.717) is 11.8 Å². The number of carbonyl (C=O) groups is 1. The zero-order valence-corrected chi connectivity index (χ0v) is 9.81. The molecule has 0 saturated heterocycles. The Morgan fingerprint density at radius 3 is 2.44 bits per heavy atom. The molecule has 0 amide bonds. The first-order valence-electron chi connectivity index (χ1n) is 5.89. The molecule has 0 heterocycles. The van der Waals surface area contributed by atoms with E-state index >= 15 is 0 Å². The quantitative estimate of drug-likeness (QED) is 0.843. The van der Waals surface area contributed by atoms with E-state index < -0.39 is 5.97 Å². The van der Waals surface area contributed by atoms with Crippen molar-refractivity contribution in [3.05, 3.63) is 35.4 Å². The first kappa shape index (κ1) is 11.2. The lowest BCUT2D eigenvalue weighted by Gasteiger charge is -2.06. The molecule has 2 heteroatoms. The fraction of sp³-hybridized carbons (Fsp3) is 0.500. The molecule has 0 aromatic heterocycles. The summed E-state index contributed by atoms with van der Waals surface area (Å²) in [6.07, 6.45) is 1.76. The summed E-state index contributed by atoms with van der Waals surface area (Å²) in [4.78, 5) is 10.7. The molecule has 1 saturated carbocycles. The van der Waals surface area contributed by atoms with Crippen molar-refractivity contribution in [2.45, 2.75) is 32.6 Å². The SMILES string of the molecule is CC(C)c1ccc(C[C@@H]2C[C@H]2C(=O)O)cc1. The van der Waals surface area contributed by atoms with Gasteiger partial charge in [-0.05, 0) is 35.8 Å². The molecule has 0 spiro atoms. The highest BCUT2D eigenvalue weighted by atomic mass is 16.4. The second-order valence-corrected chi connectivity index (χ2v) is 5.04. The molecule has 1 aliphatic rings. The highest BCUT2D eigenvalue weighted by Gasteiger charge is 2.42. The van der Waals surface area contributed by atoms with Gasteiger partial charge in [0.15, 0.2) is 0 Å². The molecular weight excluding hydrogens is 200 g/mol. The zero-order valence-electron chi connectivity index (χ0n) is 9.81. The van der Waals surface area contributed by atoms with Gasteiger partial charge in [-0.1, -0.05) is 38.1 Å². The Hall–Kier alpha value is -1.31. The molecule has 1 aromatic carbocycles. The maximum Gasteiger partial charge on any atom is 0.306 e. The molecular formula is C14H18O2. The minimum absolute atomic E-state index is 0.0928. The van der Waals surface area contributed by atoms with Crippen molar-refractivity contribution in [3.63, 3.8) is 0 Å². The third-order valence-corrected chi connectivity index (χ3v) is 3.38. The molecule has 2 atom stereocenters. The third kappa shape index (κ3) is 2.43. The summed E-state index contributed by atoms with van der Waals surface area (Å²) >= 11 is 0. The monoisotopic (exact) mass is 218 g/mol. The Morgan fingerprint density at radius 2 is 2.00 bits per heavy atom. The first-order valence-corrected chi connectivity index (χ1v) is 5.89. The van der Waals surface area contributed by atoms with Crippen molar-refractivity contribution in [2.75, 3.05) is 0 Å². The lowest BCUT2D eigenvalue weighted by atomic mass is 10.00. The van der Waals surface area contributed by atoms with Gasteiger partial charge in [0.25, 0.3) is 0 Å². The van der Waals surface area contributed by atoms with E-state index in [0.717, 1.165) is 12.8 Å². The second-order valence-electron chi connectivity index (χ2n) is 5.04. The Bertz CT molecular complexity index is 378. The smallest absolute Gasteiger partial charge is 0.306 e. The van der Waals surface area contributed by atoms with Crippen LogP contribution in [0.5, 0.6) is 0 Å². The largest absolute Gasteiger partial charge is 0.481 e. The fourth-order valence-corrected chi connectivity index (χ4v) is 2.12. The molecule has 86 valence electrons. The minimum Gasteiger partial charge on any atom is -0.481 e. The van der Waals surface area contributed by atoms with Gasteiger partial charge in [-0.2, -0.15) is 0 Å². The van der Waals surface area contributed by atoms with Crippen molar-refractivity contribution in [2.24, 2.45) is 11.8 Å². The van der Waals surface area contributed by atoms with E-state index in [-0.39, 0.29) is 5.92 Å². The van der Waals surface area contributed by atoms with E-state index in [9.17, 15) is 4.79 Å². The number of benzene rings is 1. The highest BCUT2D eigenvalue weighted by molar-refractivity contribution is 5.73. The molecule has 1 aliphatic carbocycles. The van der Waals surface area contributed by atoms with Crippen molar-refractivity contribution in [3.8, 4) is 0 Å². The molecule has 0 radical (unpaired) electrons. The molecule has 0 unspecified atom stereocenters. The van der Waals surface area contributed by atoms with Crippen LogP contribution < -0.4 is 0 Å². The van der Waals surface area contributed by atoms with Gasteiger partial charge in [-0.3, -0.25) is 4.79 Å². The lowest BCUT2D eigenvalue weighted by Crippen LogP contribution is -2.01. The molecule has 1 aromatic rings.